The van der Waals surface area contributed by atoms with Crippen molar-refractivity contribution in [3.63, 3.8) is 0 Å². The summed E-state index contributed by atoms with van der Waals surface area (Å²) in [5, 5.41) is 52.3. The van der Waals surface area contributed by atoms with Crippen molar-refractivity contribution in [2.45, 2.75) is 198 Å². The summed E-state index contributed by atoms with van der Waals surface area (Å²) in [6, 6.07) is 0. The first-order valence-corrected chi connectivity index (χ1v) is 23.9. The number of ether oxygens (including phenoxy) is 2. The maximum absolute atomic E-state index is 15.1. The van der Waals surface area contributed by atoms with Gasteiger partial charge in [0.1, 0.15) is 17.8 Å². The van der Waals surface area contributed by atoms with Crippen LogP contribution in [0.2, 0.25) is 0 Å². The fourth-order valence-electron chi connectivity index (χ4n) is 16.6. The number of nitrogens with one attached hydrogen (secondary N) is 1. The minimum absolute atomic E-state index is 0.00260. The molecule has 0 amide bonds. The van der Waals surface area contributed by atoms with Crippen LogP contribution in [0.1, 0.15) is 157 Å². The molecule has 0 bridgehead atoms. The van der Waals surface area contributed by atoms with E-state index in [1.54, 1.807) is 0 Å². The van der Waals surface area contributed by atoms with E-state index in [2.05, 4.69) is 26.1 Å². The maximum Gasteiger partial charge on any atom is 0.162 e. The minimum Gasteiger partial charge on any atom is -0.396 e. The van der Waals surface area contributed by atoms with Crippen LogP contribution in [0.3, 0.4) is 0 Å². The number of nitrogens with two attached hydrogens (primary N) is 1. The van der Waals surface area contributed by atoms with Crippen molar-refractivity contribution in [1.29, 1.82) is 0 Å². The zero-order valence-electron chi connectivity index (χ0n) is 36.1. The highest BCUT2D eigenvalue weighted by Crippen LogP contribution is 2.78. The second-order valence-electron chi connectivity index (χ2n) is 22.5. The summed E-state index contributed by atoms with van der Waals surface area (Å²) < 4.78 is 14.1. The fourth-order valence-corrected chi connectivity index (χ4v) is 16.6. The van der Waals surface area contributed by atoms with Gasteiger partial charge in [0, 0.05) is 23.4 Å². The molecule has 0 aromatic carbocycles. The van der Waals surface area contributed by atoms with Crippen molar-refractivity contribution in [2.24, 2.45) is 69.3 Å². The number of hydrogen-bond acceptors (Lipinski definition) is 9. The van der Waals surface area contributed by atoms with Gasteiger partial charge in [0.15, 0.2) is 5.78 Å². The Bertz CT molecular complexity index is 1580. The minimum atomic E-state index is -1.30. The van der Waals surface area contributed by atoms with Crippen LogP contribution in [0.5, 0.6) is 0 Å². The van der Waals surface area contributed by atoms with E-state index in [1.165, 1.54) is 19.3 Å². The lowest BCUT2D eigenvalue weighted by Crippen LogP contribution is -2.70. The third kappa shape index (κ3) is 5.91. The average Bonchev–Trinajstić information content (AvgIpc) is 3.96. The third-order valence-corrected chi connectivity index (χ3v) is 19.7. The summed E-state index contributed by atoms with van der Waals surface area (Å²) in [6.45, 7) is 12.3. The molecule has 4 saturated carbocycles. The summed E-state index contributed by atoms with van der Waals surface area (Å²) in [6.07, 6.45) is 16.6. The number of unbranched alkanes of at least 4 members (excludes halogenated alkanes) is 3. The lowest BCUT2D eigenvalue weighted by atomic mass is 9.35. The molecule has 0 spiro atoms. The highest BCUT2D eigenvalue weighted by atomic mass is 16.6. The van der Waals surface area contributed by atoms with Crippen LogP contribution in [0, 0.1) is 63.6 Å². The molecule has 0 aromatic rings. The molecule has 57 heavy (non-hydrogen) atoms. The number of carbonyl (C=O) groups excluding carboxylic acids is 1. The van der Waals surface area contributed by atoms with Crippen LogP contribution in [0.25, 0.3) is 0 Å². The van der Waals surface area contributed by atoms with Gasteiger partial charge in [-0.15, -0.1) is 0 Å². The summed E-state index contributed by atoms with van der Waals surface area (Å²) in [5.41, 5.74) is 3.78. The molecule has 6 aliphatic carbocycles. The van der Waals surface area contributed by atoms with Crippen LogP contribution in [0.4, 0.5) is 0 Å². The zero-order chi connectivity index (χ0) is 40.3. The van der Waals surface area contributed by atoms with E-state index in [4.69, 9.17) is 15.2 Å². The van der Waals surface area contributed by atoms with Crippen molar-refractivity contribution in [2.75, 3.05) is 19.8 Å². The Morgan fingerprint density at radius 3 is 2.54 bits per heavy atom. The second-order valence-corrected chi connectivity index (χ2v) is 22.5. The molecule has 9 aliphatic rings. The second kappa shape index (κ2) is 14.6. The van der Waals surface area contributed by atoms with Gasteiger partial charge in [-0.3, -0.25) is 4.79 Å². The Morgan fingerprint density at radius 1 is 1.00 bits per heavy atom. The maximum atomic E-state index is 15.1. The number of piperidine rings is 1. The molecule has 18 atom stereocenters. The van der Waals surface area contributed by atoms with E-state index < -0.39 is 39.8 Å². The van der Waals surface area contributed by atoms with Crippen LogP contribution >= 0.6 is 0 Å². The van der Waals surface area contributed by atoms with Gasteiger partial charge in [0.25, 0.3) is 0 Å². The summed E-state index contributed by atoms with van der Waals surface area (Å²) >= 11 is 0. The van der Waals surface area contributed by atoms with Gasteiger partial charge in [-0.2, -0.15) is 0 Å². The number of allylic oxidation sites excluding steroid dienone is 1. The molecule has 7 fully saturated rings. The first-order valence-electron chi connectivity index (χ1n) is 23.9. The molecule has 0 radical (unpaired) electrons. The number of Topliss-reactive ketones (excluding diaryl/α,β-unsaturated/α-hetero) is 1. The number of epoxide rings is 1. The smallest absolute Gasteiger partial charge is 0.162 e. The molecule has 0 aromatic heterocycles. The van der Waals surface area contributed by atoms with Gasteiger partial charge >= 0.3 is 0 Å². The first kappa shape index (κ1) is 41.4. The average molecular weight is 795 g/mol. The van der Waals surface area contributed by atoms with Gasteiger partial charge in [-0.25, -0.2) is 0 Å². The highest BCUT2D eigenvalue weighted by molar-refractivity contribution is 6.00. The number of rotatable bonds is 13. The van der Waals surface area contributed by atoms with Gasteiger partial charge in [-0.05, 0) is 168 Å². The Labute approximate surface area is 343 Å². The highest BCUT2D eigenvalue weighted by Gasteiger charge is 2.80. The number of ketones is 1. The number of carbonyl (C=O) groups is 1. The molecule has 9 nitrogen and oxygen atoms in total. The normalized spacial score (nSPS) is 50.9. The van der Waals surface area contributed by atoms with Crippen LogP contribution < -0.4 is 11.1 Å². The van der Waals surface area contributed by atoms with E-state index in [1.807, 2.05) is 13.8 Å². The van der Waals surface area contributed by atoms with Crippen LogP contribution in [0.15, 0.2) is 11.1 Å². The van der Waals surface area contributed by atoms with E-state index in [-0.39, 0.29) is 53.7 Å². The molecular formula is C48H78N2O7. The number of aliphatic hydroxyl groups is 4. The lowest BCUT2D eigenvalue weighted by Gasteiger charge is -2.70. The topological polar surface area (TPSA) is 158 Å². The fraction of sp³-hybridized carbons (Fsp3) is 0.938. The lowest BCUT2D eigenvalue weighted by molar-refractivity contribution is -0.219. The monoisotopic (exact) mass is 795 g/mol. The van der Waals surface area contributed by atoms with E-state index >= 15 is 4.79 Å². The Hall–Kier alpha value is -0.910. The SMILES string of the molecule is CCCCCC[C@@]12[C@H]3CC[C@H]4C[C@]5(C)[C@@H]([C@]6([C@@H]7O[C@@H]7[C@](C)(O)[C@](C)(CO)CCC7CCNC(N)C7)C[C@H](C)CCO6)C[C@H]6CCC(=C([C@H]41)[C@]65O)C(=O)[C@@H]2C[C@@H](O)C3. The van der Waals surface area contributed by atoms with Gasteiger partial charge < -0.3 is 41.0 Å². The molecule has 2 unspecified atom stereocenters. The molecule has 7 N–H and O–H groups in total. The number of aliphatic hydroxyl groups excluding tert-OH is 2. The molecular weight excluding hydrogens is 717 g/mol. The summed E-state index contributed by atoms with van der Waals surface area (Å²) in [5.74, 6) is 1.93. The summed E-state index contributed by atoms with van der Waals surface area (Å²) in [7, 11) is 0. The molecule has 3 aliphatic heterocycles. The van der Waals surface area contributed by atoms with E-state index in [0.29, 0.717) is 43.1 Å². The summed E-state index contributed by atoms with van der Waals surface area (Å²) in [4.78, 5) is 15.1. The Kier molecular flexibility index (Phi) is 10.6. The van der Waals surface area contributed by atoms with Crippen molar-refractivity contribution >= 4 is 5.78 Å². The quantitative estimate of drug-likeness (QED) is 0.0896. The predicted molar refractivity (Wildman–Crippen MR) is 220 cm³/mol. The standard InChI is InChI=1S/C48H78N2O7/c1-6-7-8-9-17-46-31-11-10-30-26-44(4)36(23-32-12-13-34(39(38(30)46)48(32,44)55)40(53)35(46)24-33(52)22-31)47(25-28(2)16-20-56-47)42-41(57-42)45(5,54)43(3,27-51)18-14-29-15-19-50-37(49)21-29/h28-33,35-38,41-42,50-52,54-55H,6-27,49H2,1-5H3/t28-,29?,30+,31+,32-,33+,35+,36+,37?,38+,41+,42-,43+,44-,45+,46+,47+,48-/m1/s1. The van der Waals surface area contributed by atoms with Gasteiger partial charge in [0.05, 0.1) is 30.1 Å². The Morgan fingerprint density at radius 2 is 1.81 bits per heavy atom. The van der Waals surface area contributed by atoms with Crippen molar-refractivity contribution < 1.29 is 34.7 Å². The largest absolute Gasteiger partial charge is 0.396 e. The van der Waals surface area contributed by atoms with E-state index in [0.717, 1.165) is 108 Å². The Balaban J connectivity index is 1.08. The van der Waals surface area contributed by atoms with Crippen LogP contribution in [-0.4, -0.2) is 87.2 Å². The van der Waals surface area contributed by atoms with Crippen molar-refractivity contribution in [1.82, 2.24) is 5.32 Å². The third-order valence-electron chi connectivity index (χ3n) is 19.7. The van der Waals surface area contributed by atoms with Gasteiger partial charge in [0.2, 0.25) is 0 Å². The molecule has 3 heterocycles. The first-order chi connectivity index (χ1) is 27.1. The molecule has 9 heteroatoms. The molecule has 9 rings (SSSR count). The molecule has 322 valence electrons. The van der Waals surface area contributed by atoms with Crippen LogP contribution in [-0.2, 0) is 14.3 Å². The van der Waals surface area contributed by atoms with E-state index in [9.17, 15) is 20.4 Å². The number of hydrogen-bond donors (Lipinski definition) is 6. The molecule has 3 saturated heterocycles. The van der Waals surface area contributed by atoms with Gasteiger partial charge in [-0.1, -0.05) is 53.4 Å². The zero-order valence-corrected chi connectivity index (χ0v) is 36.1. The van der Waals surface area contributed by atoms with Crippen molar-refractivity contribution in [3.8, 4) is 0 Å². The predicted octanol–water partition coefficient (Wildman–Crippen LogP) is 6.57. The van der Waals surface area contributed by atoms with Crippen molar-refractivity contribution in [3.05, 3.63) is 11.1 Å².